The number of phosphoric ester groups is 2. The first kappa shape index (κ1) is 97.1. The first-order valence-electron chi connectivity index (χ1n) is 41.3. The van der Waals surface area contributed by atoms with E-state index < -0.39 is 97.5 Å². The minimum absolute atomic E-state index is 0.106. The molecule has 3 N–H and O–H groups in total. The van der Waals surface area contributed by atoms with Crippen LogP contribution in [0.1, 0.15) is 414 Å². The van der Waals surface area contributed by atoms with Gasteiger partial charge in [-0.3, -0.25) is 37.3 Å². The van der Waals surface area contributed by atoms with Crippen molar-refractivity contribution in [3.8, 4) is 0 Å². The summed E-state index contributed by atoms with van der Waals surface area (Å²) in [6.45, 7) is 11.9. The molecule has 0 fully saturated rings. The van der Waals surface area contributed by atoms with Crippen LogP contribution in [0.4, 0.5) is 0 Å². The topological polar surface area (TPSA) is 237 Å². The molecule has 2 unspecified atom stereocenters. The molecule has 0 aromatic heterocycles. The number of carbonyl (C=O) groups is 4. The summed E-state index contributed by atoms with van der Waals surface area (Å²) in [6.07, 6.45) is 58.2. The molecule has 99 heavy (non-hydrogen) atoms. The molecule has 0 saturated heterocycles. The number of hydrogen-bond acceptors (Lipinski definition) is 15. The van der Waals surface area contributed by atoms with E-state index in [2.05, 4.69) is 48.5 Å². The normalized spacial score (nSPS) is 14.0. The van der Waals surface area contributed by atoms with Crippen molar-refractivity contribution in [2.24, 2.45) is 17.8 Å². The SMILES string of the molecule is CCCCCCCCCCCCCCCCCCCC(=O)O[C@H](COC(=O)CCCCCCCCCCCCCCCC(C)C)COP(=O)(O)OC[C@@H](O)COP(=O)(O)OC[C@@H](COC(=O)CCCCCCCCCCC(C)C)OC(=O)CCCCCCCCCCCCCCC(C)C. The summed E-state index contributed by atoms with van der Waals surface area (Å²) < 4.78 is 68.7. The molecule has 0 aliphatic carbocycles. The average molecular weight is 1450 g/mol. The van der Waals surface area contributed by atoms with Crippen LogP contribution in [0.15, 0.2) is 0 Å². The van der Waals surface area contributed by atoms with E-state index in [0.29, 0.717) is 25.7 Å². The minimum atomic E-state index is -4.96. The fraction of sp³-hybridized carbons (Fsp3) is 0.950. The van der Waals surface area contributed by atoms with Crippen LogP contribution in [0.3, 0.4) is 0 Å². The van der Waals surface area contributed by atoms with Crippen molar-refractivity contribution in [1.29, 1.82) is 0 Å². The van der Waals surface area contributed by atoms with Gasteiger partial charge in [-0.05, 0) is 43.4 Å². The Morgan fingerprint density at radius 2 is 0.465 bits per heavy atom. The molecule has 0 spiro atoms. The molecule has 0 bridgehead atoms. The van der Waals surface area contributed by atoms with Crippen LogP contribution < -0.4 is 0 Å². The van der Waals surface area contributed by atoms with Gasteiger partial charge in [0.15, 0.2) is 12.2 Å². The van der Waals surface area contributed by atoms with Gasteiger partial charge in [-0.1, -0.05) is 363 Å². The minimum Gasteiger partial charge on any atom is -0.462 e. The summed E-state index contributed by atoms with van der Waals surface area (Å²) in [5.74, 6) is 0.183. The lowest BCUT2D eigenvalue weighted by atomic mass is 10.0. The van der Waals surface area contributed by atoms with Crippen LogP contribution >= 0.6 is 15.6 Å². The maximum Gasteiger partial charge on any atom is 0.472 e. The Morgan fingerprint density at radius 3 is 0.687 bits per heavy atom. The Labute approximate surface area is 607 Å². The van der Waals surface area contributed by atoms with E-state index in [1.165, 1.54) is 225 Å². The molecular weight excluding hydrogens is 1290 g/mol. The lowest BCUT2D eigenvalue weighted by Crippen LogP contribution is -2.30. The van der Waals surface area contributed by atoms with E-state index in [1.54, 1.807) is 0 Å². The fourth-order valence-electron chi connectivity index (χ4n) is 12.3. The highest BCUT2D eigenvalue weighted by molar-refractivity contribution is 7.47. The predicted octanol–water partition coefficient (Wildman–Crippen LogP) is 23.7. The van der Waals surface area contributed by atoms with Crippen LogP contribution in [-0.4, -0.2) is 96.7 Å². The third-order valence-corrected chi connectivity index (χ3v) is 20.5. The summed E-state index contributed by atoms with van der Waals surface area (Å²) in [6, 6.07) is 0. The van der Waals surface area contributed by atoms with Crippen molar-refractivity contribution in [1.82, 2.24) is 0 Å². The van der Waals surface area contributed by atoms with E-state index in [1.807, 2.05) is 0 Å². The maximum atomic E-state index is 13.1. The van der Waals surface area contributed by atoms with E-state index in [4.69, 9.17) is 37.0 Å². The number of carbonyl (C=O) groups excluding carboxylic acids is 4. The smallest absolute Gasteiger partial charge is 0.462 e. The van der Waals surface area contributed by atoms with Crippen LogP contribution in [0.25, 0.3) is 0 Å². The number of rotatable bonds is 78. The Hall–Kier alpha value is -1.94. The Kier molecular flexibility index (Phi) is 69.0. The molecule has 0 saturated carbocycles. The molecule has 0 amide bonds. The summed E-state index contributed by atoms with van der Waals surface area (Å²) in [4.78, 5) is 73.0. The Bertz CT molecular complexity index is 1920. The van der Waals surface area contributed by atoms with Crippen molar-refractivity contribution in [2.45, 2.75) is 433 Å². The van der Waals surface area contributed by atoms with Crippen molar-refractivity contribution >= 4 is 39.5 Å². The van der Waals surface area contributed by atoms with E-state index in [-0.39, 0.29) is 25.7 Å². The third-order valence-electron chi connectivity index (χ3n) is 18.6. The van der Waals surface area contributed by atoms with Gasteiger partial charge < -0.3 is 33.8 Å². The van der Waals surface area contributed by atoms with E-state index in [9.17, 15) is 43.2 Å². The number of ether oxygens (including phenoxy) is 4. The highest BCUT2D eigenvalue weighted by Gasteiger charge is 2.30. The molecule has 0 heterocycles. The zero-order chi connectivity index (χ0) is 73.0. The van der Waals surface area contributed by atoms with Gasteiger partial charge in [-0.15, -0.1) is 0 Å². The van der Waals surface area contributed by atoms with E-state index >= 15 is 0 Å². The molecule has 0 aromatic carbocycles. The third kappa shape index (κ3) is 74.1. The summed E-state index contributed by atoms with van der Waals surface area (Å²) in [5.41, 5.74) is 0. The second-order valence-electron chi connectivity index (χ2n) is 30.2. The van der Waals surface area contributed by atoms with Crippen LogP contribution in [-0.2, 0) is 65.4 Å². The molecule has 0 aliphatic heterocycles. The number of hydrogen-bond donors (Lipinski definition) is 3. The van der Waals surface area contributed by atoms with Crippen molar-refractivity contribution in [2.75, 3.05) is 39.6 Å². The lowest BCUT2D eigenvalue weighted by molar-refractivity contribution is -0.161. The van der Waals surface area contributed by atoms with Gasteiger partial charge in [0.2, 0.25) is 0 Å². The summed E-state index contributed by atoms with van der Waals surface area (Å²) >= 11 is 0. The van der Waals surface area contributed by atoms with E-state index in [0.717, 1.165) is 108 Å². The summed E-state index contributed by atoms with van der Waals surface area (Å²) in [7, 11) is -9.92. The lowest BCUT2D eigenvalue weighted by Gasteiger charge is -2.21. The highest BCUT2D eigenvalue weighted by atomic mass is 31.2. The largest absolute Gasteiger partial charge is 0.472 e. The first-order valence-corrected chi connectivity index (χ1v) is 44.3. The number of phosphoric acid groups is 2. The monoisotopic (exact) mass is 1450 g/mol. The van der Waals surface area contributed by atoms with Gasteiger partial charge >= 0.3 is 39.5 Å². The Balaban J connectivity index is 5.26. The molecule has 19 heteroatoms. The zero-order valence-electron chi connectivity index (χ0n) is 65.0. The van der Waals surface area contributed by atoms with Gasteiger partial charge in [0.1, 0.15) is 19.3 Å². The highest BCUT2D eigenvalue weighted by Crippen LogP contribution is 2.45. The molecule has 588 valence electrons. The average Bonchev–Trinajstić information content (AvgIpc) is 1.10. The van der Waals surface area contributed by atoms with Gasteiger partial charge in [-0.2, -0.15) is 0 Å². The quantitative estimate of drug-likeness (QED) is 0.0222. The second-order valence-corrected chi connectivity index (χ2v) is 33.1. The van der Waals surface area contributed by atoms with Crippen molar-refractivity contribution in [3.05, 3.63) is 0 Å². The molecular formula is C80H156O17P2. The van der Waals surface area contributed by atoms with Crippen LogP contribution in [0, 0.1) is 17.8 Å². The van der Waals surface area contributed by atoms with Gasteiger partial charge in [0.25, 0.3) is 0 Å². The Morgan fingerprint density at radius 1 is 0.273 bits per heavy atom. The number of esters is 4. The fourth-order valence-corrected chi connectivity index (χ4v) is 13.9. The predicted molar refractivity (Wildman–Crippen MR) is 405 cm³/mol. The van der Waals surface area contributed by atoms with Crippen molar-refractivity contribution < 1.29 is 80.2 Å². The second kappa shape index (κ2) is 70.4. The van der Waals surface area contributed by atoms with Crippen LogP contribution in [0.2, 0.25) is 0 Å². The molecule has 0 aliphatic rings. The number of unbranched alkanes of at least 4 members (excludes halogenated alkanes) is 46. The molecule has 5 atom stereocenters. The maximum absolute atomic E-state index is 13.1. The van der Waals surface area contributed by atoms with Gasteiger partial charge in [0, 0.05) is 25.7 Å². The molecule has 0 aromatic rings. The van der Waals surface area contributed by atoms with Gasteiger partial charge in [-0.25, -0.2) is 9.13 Å². The van der Waals surface area contributed by atoms with Crippen molar-refractivity contribution in [3.63, 3.8) is 0 Å². The molecule has 0 radical (unpaired) electrons. The first-order chi connectivity index (χ1) is 47.7. The molecule has 17 nitrogen and oxygen atoms in total. The van der Waals surface area contributed by atoms with Crippen LogP contribution in [0.5, 0.6) is 0 Å². The molecule has 0 rings (SSSR count). The zero-order valence-corrected chi connectivity index (χ0v) is 66.8. The number of aliphatic hydroxyl groups is 1. The summed E-state index contributed by atoms with van der Waals surface area (Å²) in [5, 5.41) is 10.6. The number of aliphatic hydroxyl groups excluding tert-OH is 1. The standard InChI is InChI=1S/C80H156O17P2/c1-8-9-10-11-12-13-14-15-16-17-18-21-28-33-42-49-56-63-79(84)96-75(67-90-77(82)61-54-47-40-32-27-22-19-20-25-30-37-44-51-58-71(2)3)69-94-98(86,87)92-65-74(81)66-93-99(88,89)95-70-76(68-91-78(83)62-55-48-41-36-35-39-46-53-60-73(6)7)97-80(85)64-57-50-43-34-29-24-23-26-31-38-45-52-59-72(4)5/h71-76,81H,8-70H2,1-7H3,(H,86,87)(H,88,89)/t74-,75-,76-/m1/s1. The van der Waals surface area contributed by atoms with Gasteiger partial charge in [0.05, 0.1) is 26.4 Å².